The number of hydrogen-bond acceptors (Lipinski definition) is 5. The summed E-state index contributed by atoms with van der Waals surface area (Å²) < 4.78 is 1.56. The Morgan fingerprint density at radius 3 is 2.63 bits per heavy atom. The van der Waals surface area contributed by atoms with E-state index in [-0.39, 0.29) is 16.7 Å². The fourth-order valence-corrected chi connectivity index (χ4v) is 1.79. The number of aromatic nitrogens is 2. The van der Waals surface area contributed by atoms with Crippen LogP contribution in [0.2, 0.25) is 0 Å². The lowest BCUT2D eigenvalue weighted by Crippen LogP contribution is -2.32. The molecule has 1 aromatic rings. The number of nitro groups is 1. The first kappa shape index (κ1) is 15.4. The summed E-state index contributed by atoms with van der Waals surface area (Å²) in [5.41, 5.74) is 0.658. The van der Waals surface area contributed by atoms with Crippen molar-refractivity contribution >= 4 is 11.5 Å². The normalized spacial score (nSPS) is 12.7. The number of hydrogen-bond donors (Lipinski definition) is 1. The van der Waals surface area contributed by atoms with Crippen molar-refractivity contribution in [1.82, 2.24) is 14.7 Å². The van der Waals surface area contributed by atoms with Gasteiger partial charge in [-0.15, -0.1) is 0 Å². The standard InChI is InChI=1S/C12H23N5O2/c1-6-7-10-11(17(18)19)12(16(5)14-10)13-8-9(2)15(3)4/h9,13H,6-8H2,1-5H3. The smallest absolute Gasteiger partial charge is 0.333 e. The van der Waals surface area contributed by atoms with Crippen LogP contribution in [0.4, 0.5) is 11.5 Å². The van der Waals surface area contributed by atoms with E-state index in [2.05, 4.69) is 22.2 Å². The van der Waals surface area contributed by atoms with E-state index in [4.69, 9.17) is 0 Å². The molecular weight excluding hydrogens is 246 g/mol. The van der Waals surface area contributed by atoms with Crippen LogP contribution in [-0.2, 0) is 13.5 Å². The number of aryl methyl sites for hydroxylation is 2. The van der Waals surface area contributed by atoms with Crippen molar-refractivity contribution in [2.45, 2.75) is 32.7 Å². The molecule has 7 nitrogen and oxygen atoms in total. The lowest BCUT2D eigenvalue weighted by molar-refractivity contribution is -0.384. The predicted octanol–water partition coefficient (Wildman–Crippen LogP) is 1.64. The maximum atomic E-state index is 11.2. The van der Waals surface area contributed by atoms with Gasteiger partial charge in [0.05, 0.1) is 4.92 Å². The van der Waals surface area contributed by atoms with Crippen LogP contribution >= 0.6 is 0 Å². The summed E-state index contributed by atoms with van der Waals surface area (Å²) in [5, 5.41) is 18.6. The number of anilines is 1. The Hall–Kier alpha value is -1.63. The monoisotopic (exact) mass is 269 g/mol. The van der Waals surface area contributed by atoms with Crippen molar-refractivity contribution in [3.8, 4) is 0 Å². The molecule has 1 unspecified atom stereocenters. The lowest BCUT2D eigenvalue weighted by Gasteiger charge is -2.20. The van der Waals surface area contributed by atoms with Crippen molar-refractivity contribution in [3.05, 3.63) is 15.8 Å². The van der Waals surface area contributed by atoms with Crippen LogP contribution < -0.4 is 5.32 Å². The first-order valence-electron chi connectivity index (χ1n) is 6.49. The third-order valence-electron chi connectivity index (χ3n) is 3.21. The lowest BCUT2D eigenvalue weighted by atomic mass is 10.2. The van der Waals surface area contributed by atoms with Gasteiger partial charge in [-0.2, -0.15) is 5.10 Å². The highest BCUT2D eigenvalue weighted by Gasteiger charge is 2.26. The fourth-order valence-electron chi connectivity index (χ4n) is 1.79. The van der Waals surface area contributed by atoms with E-state index in [1.165, 1.54) is 0 Å². The Morgan fingerprint density at radius 1 is 1.53 bits per heavy atom. The van der Waals surface area contributed by atoms with Gasteiger partial charge in [0.1, 0.15) is 5.69 Å². The molecular formula is C12H23N5O2. The molecule has 0 bridgehead atoms. The second-order valence-electron chi connectivity index (χ2n) is 4.97. The SMILES string of the molecule is CCCc1nn(C)c(NCC(C)N(C)C)c1[N+](=O)[O-]. The highest BCUT2D eigenvalue weighted by Crippen LogP contribution is 2.28. The Balaban J connectivity index is 2.96. The molecule has 0 spiro atoms. The molecule has 0 amide bonds. The third kappa shape index (κ3) is 3.66. The largest absolute Gasteiger partial charge is 0.363 e. The van der Waals surface area contributed by atoms with Crippen molar-refractivity contribution in [1.29, 1.82) is 0 Å². The van der Waals surface area contributed by atoms with Gasteiger partial charge in [0.2, 0.25) is 5.82 Å². The first-order chi connectivity index (χ1) is 8.88. The molecule has 1 heterocycles. The van der Waals surface area contributed by atoms with Crippen molar-refractivity contribution < 1.29 is 4.92 Å². The Morgan fingerprint density at radius 2 is 2.16 bits per heavy atom. The van der Waals surface area contributed by atoms with E-state index in [0.717, 1.165) is 6.42 Å². The van der Waals surface area contributed by atoms with Gasteiger partial charge >= 0.3 is 5.69 Å². The van der Waals surface area contributed by atoms with Crippen LogP contribution in [0.3, 0.4) is 0 Å². The van der Waals surface area contributed by atoms with Gasteiger partial charge in [-0.3, -0.25) is 10.1 Å². The zero-order valence-electron chi connectivity index (χ0n) is 12.3. The molecule has 0 fully saturated rings. The fraction of sp³-hybridized carbons (Fsp3) is 0.750. The van der Waals surface area contributed by atoms with Crippen LogP contribution in [0.5, 0.6) is 0 Å². The Kier molecular flexibility index (Phi) is 5.29. The van der Waals surface area contributed by atoms with E-state index < -0.39 is 0 Å². The molecule has 1 atom stereocenters. The molecule has 0 radical (unpaired) electrons. The second-order valence-corrected chi connectivity index (χ2v) is 4.97. The quantitative estimate of drug-likeness (QED) is 0.601. The van der Waals surface area contributed by atoms with Crippen LogP contribution in [0.1, 0.15) is 26.0 Å². The molecule has 0 aromatic carbocycles. The van der Waals surface area contributed by atoms with Crippen molar-refractivity contribution in [2.24, 2.45) is 7.05 Å². The molecule has 0 aliphatic rings. The van der Waals surface area contributed by atoms with Crippen LogP contribution in [0, 0.1) is 10.1 Å². The van der Waals surface area contributed by atoms with Crippen LogP contribution in [-0.4, -0.2) is 46.3 Å². The van der Waals surface area contributed by atoms with Gasteiger partial charge in [0.25, 0.3) is 0 Å². The van der Waals surface area contributed by atoms with Gasteiger partial charge in [-0.25, -0.2) is 4.68 Å². The molecule has 1 rings (SSSR count). The molecule has 1 N–H and O–H groups in total. The van der Waals surface area contributed by atoms with Crippen LogP contribution in [0.25, 0.3) is 0 Å². The Bertz CT molecular complexity index is 442. The number of nitrogens with zero attached hydrogens (tertiary/aromatic N) is 4. The number of likely N-dealkylation sites (N-methyl/N-ethyl adjacent to an activating group) is 1. The number of rotatable bonds is 7. The Labute approximate surface area is 113 Å². The third-order valence-corrected chi connectivity index (χ3v) is 3.21. The molecule has 0 saturated carbocycles. The molecule has 1 aromatic heterocycles. The molecule has 0 saturated heterocycles. The topological polar surface area (TPSA) is 76.2 Å². The summed E-state index contributed by atoms with van der Waals surface area (Å²) >= 11 is 0. The summed E-state index contributed by atoms with van der Waals surface area (Å²) in [4.78, 5) is 12.9. The summed E-state index contributed by atoms with van der Waals surface area (Å²) in [6.07, 6.45) is 1.46. The van der Waals surface area contributed by atoms with Gasteiger partial charge in [-0.05, 0) is 27.4 Å². The second kappa shape index (κ2) is 6.51. The van der Waals surface area contributed by atoms with E-state index >= 15 is 0 Å². The van der Waals surface area contributed by atoms with Gasteiger partial charge < -0.3 is 10.2 Å². The summed E-state index contributed by atoms with van der Waals surface area (Å²) in [5.74, 6) is 0.488. The highest BCUT2D eigenvalue weighted by atomic mass is 16.6. The molecule has 7 heteroatoms. The summed E-state index contributed by atoms with van der Waals surface area (Å²) in [6.45, 7) is 4.68. The average molecular weight is 269 g/mol. The first-order valence-corrected chi connectivity index (χ1v) is 6.49. The molecule has 0 aliphatic carbocycles. The van der Waals surface area contributed by atoms with E-state index in [9.17, 15) is 10.1 Å². The zero-order chi connectivity index (χ0) is 14.6. The van der Waals surface area contributed by atoms with Gasteiger partial charge in [0.15, 0.2) is 0 Å². The van der Waals surface area contributed by atoms with E-state index in [1.807, 2.05) is 21.0 Å². The van der Waals surface area contributed by atoms with Crippen molar-refractivity contribution in [3.63, 3.8) is 0 Å². The van der Waals surface area contributed by atoms with Gasteiger partial charge in [0, 0.05) is 19.6 Å². The maximum Gasteiger partial charge on any atom is 0.333 e. The minimum Gasteiger partial charge on any atom is -0.363 e. The van der Waals surface area contributed by atoms with Crippen molar-refractivity contribution in [2.75, 3.05) is 26.0 Å². The van der Waals surface area contributed by atoms with E-state index in [1.54, 1.807) is 11.7 Å². The average Bonchev–Trinajstić information content (AvgIpc) is 2.62. The zero-order valence-corrected chi connectivity index (χ0v) is 12.3. The summed E-state index contributed by atoms with van der Waals surface area (Å²) in [6, 6.07) is 0.282. The number of nitrogens with one attached hydrogen (secondary N) is 1. The minimum absolute atomic E-state index is 0.107. The highest BCUT2D eigenvalue weighted by molar-refractivity contribution is 5.59. The molecule has 0 aliphatic heterocycles. The molecule has 19 heavy (non-hydrogen) atoms. The predicted molar refractivity (Wildman–Crippen MR) is 75.5 cm³/mol. The van der Waals surface area contributed by atoms with Crippen LogP contribution in [0.15, 0.2) is 0 Å². The molecule has 108 valence electrons. The van der Waals surface area contributed by atoms with Gasteiger partial charge in [-0.1, -0.05) is 13.3 Å². The summed E-state index contributed by atoms with van der Waals surface area (Å²) in [7, 11) is 5.69. The van der Waals surface area contributed by atoms with E-state index in [0.29, 0.717) is 24.5 Å². The maximum absolute atomic E-state index is 11.2. The minimum atomic E-state index is -0.347.